The molecule has 0 aliphatic heterocycles. The smallest absolute Gasteiger partial charge is 0.274 e. The molecule has 1 heterocycles. The lowest BCUT2D eigenvalue weighted by atomic mass is 10.2. The Balaban J connectivity index is 1.98. The summed E-state index contributed by atoms with van der Waals surface area (Å²) in [6.45, 7) is 2.99. The zero-order valence-corrected chi connectivity index (χ0v) is 13.0. The number of amides is 1. The first-order chi connectivity index (χ1) is 10.6. The van der Waals surface area contributed by atoms with Crippen molar-refractivity contribution in [3.63, 3.8) is 0 Å². The van der Waals surface area contributed by atoms with E-state index in [2.05, 4.69) is 22.5 Å². The van der Waals surface area contributed by atoms with E-state index in [1.165, 1.54) is 18.2 Å². The van der Waals surface area contributed by atoms with Crippen LogP contribution in [0.4, 0.5) is 15.8 Å². The van der Waals surface area contributed by atoms with Gasteiger partial charge in [-0.15, -0.1) is 0 Å². The normalized spacial score (nSPS) is 10.3. The van der Waals surface area contributed by atoms with E-state index in [1.54, 1.807) is 18.3 Å². The fourth-order valence-corrected chi connectivity index (χ4v) is 1.99. The molecule has 22 heavy (non-hydrogen) atoms. The van der Waals surface area contributed by atoms with Crippen LogP contribution in [0.3, 0.4) is 0 Å². The molecule has 116 valence electrons. The first kappa shape index (κ1) is 16.2. The Morgan fingerprint density at radius 1 is 1.27 bits per heavy atom. The van der Waals surface area contributed by atoms with Crippen LogP contribution in [0.5, 0.6) is 0 Å². The van der Waals surface area contributed by atoms with Crippen molar-refractivity contribution in [1.29, 1.82) is 0 Å². The summed E-state index contributed by atoms with van der Waals surface area (Å²) < 4.78 is 13.1. The van der Waals surface area contributed by atoms with Gasteiger partial charge in [-0.05, 0) is 36.8 Å². The second-order valence-corrected chi connectivity index (χ2v) is 5.20. The van der Waals surface area contributed by atoms with E-state index >= 15 is 0 Å². The molecule has 0 saturated carbocycles. The summed E-state index contributed by atoms with van der Waals surface area (Å²) >= 11 is 5.67. The van der Waals surface area contributed by atoms with Gasteiger partial charge in [-0.1, -0.05) is 24.9 Å². The number of hydrogen-bond donors (Lipinski definition) is 2. The molecule has 0 bridgehead atoms. The maximum atomic E-state index is 13.1. The quantitative estimate of drug-likeness (QED) is 0.778. The molecule has 6 heteroatoms. The molecule has 0 aliphatic rings. The Kier molecular flexibility index (Phi) is 5.72. The third kappa shape index (κ3) is 4.43. The number of benzene rings is 1. The summed E-state index contributed by atoms with van der Waals surface area (Å²) in [5, 5.41) is 5.81. The van der Waals surface area contributed by atoms with E-state index in [4.69, 9.17) is 11.6 Å². The molecule has 0 spiro atoms. The van der Waals surface area contributed by atoms with Gasteiger partial charge in [0.15, 0.2) is 0 Å². The Morgan fingerprint density at radius 2 is 2.05 bits per heavy atom. The Hall–Kier alpha value is -2.14. The van der Waals surface area contributed by atoms with Crippen molar-refractivity contribution in [3.05, 3.63) is 53.1 Å². The summed E-state index contributed by atoms with van der Waals surface area (Å²) in [5.74, 6) is -0.900. The maximum Gasteiger partial charge on any atom is 0.274 e. The Labute approximate surface area is 133 Å². The fraction of sp³-hybridized carbons (Fsp3) is 0.250. The third-order valence-corrected chi connectivity index (χ3v) is 3.32. The lowest BCUT2D eigenvalue weighted by molar-refractivity contribution is 0.102. The number of unbranched alkanes of at least 4 members (excludes halogenated alkanes) is 1. The van der Waals surface area contributed by atoms with E-state index in [1.807, 2.05) is 0 Å². The number of rotatable bonds is 6. The topological polar surface area (TPSA) is 54.0 Å². The summed E-state index contributed by atoms with van der Waals surface area (Å²) in [5.41, 5.74) is 1.57. The Morgan fingerprint density at radius 3 is 2.68 bits per heavy atom. The van der Waals surface area contributed by atoms with Crippen molar-refractivity contribution in [2.24, 2.45) is 0 Å². The number of aromatic nitrogens is 1. The predicted octanol–water partition coefficient (Wildman–Crippen LogP) is 4.34. The first-order valence-electron chi connectivity index (χ1n) is 7.06. The zero-order valence-electron chi connectivity index (χ0n) is 12.2. The molecular formula is C16H17ClFN3O. The van der Waals surface area contributed by atoms with Gasteiger partial charge in [0.25, 0.3) is 5.91 Å². The highest BCUT2D eigenvalue weighted by Crippen LogP contribution is 2.19. The van der Waals surface area contributed by atoms with Gasteiger partial charge < -0.3 is 10.6 Å². The van der Waals surface area contributed by atoms with Gasteiger partial charge in [0.2, 0.25) is 0 Å². The van der Waals surface area contributed by atoms with Crippen molar-refractivity contribution < 1.29 is 9.18 Å². The van der Waals surface area contributed by atoms with Crippen molar-refractivity contribution in [3.8, 4) is 0 Å². The van der Waals surface area contributed by atoms with Gasteiger partial charge in [0, 0.05) is 12.2 Å². The molecule has 0 unspecified atom stereocenters. The molecule has 0 aliphatic carbocycles. The number of anilines is 2. The zero-order chi connectivity index (χ0) is 15.9. The number of pyridine rings is 1. The van der Waals surface area contributed by atoms with Crippen LogP contribution in [0.25, 0.3) is 0 Å². The Bertz CT molecular complexity index is 646. The van der Waals surface area contributed by atoms with Crippen molar-refractivity contribution >= 4 is 28.9 Å². The van der Waals surface area contributed by atoms with E-state index in [0.29, 0.717) is 5.69 Å². The van der Waals surface area contributed by atoms with Crippen LogP contribution in [-0.4, -0.2) is 17.4 Å². The van der Waals surface area contributed by atoms with E-state index in [0.717, 1.165) is 25.1 Å². The molecule has 1 aromatic heterocycles. The third-order valence-electron chi connectivity index (χ3n) is 3.03. The van der Waals surface area contributed by atoms with Gasteiger partial charge in [-0.3, -0.25) is 4.79 Å². The number of carbonyl (C=O) groups is 1. The van der Waals surface area contributed by atoms with Crippen molar-refractivity contribution in [1.82, 2.24) is 4.98 Å². The molecule has 2 aromatic rings. The van der Waals surface area contributed by atoms with Crippen LogP contribution in [0.2, 0.25) is 5.02 Å². The summed E-state index contributed by atoms with van der Waals surface area (Å²) in [6, 6.07) is 7.44. The number of hydrogen-bond acceptors (Lipinski definition) is 3. The number of nitrogens with zero attached hydrogens (tertiary/aromatic N) is 1. The molecule has 1 aromatic carbocycles. The SMILES string of the molecule is CCCCNc1ccc(C(=O)Nc2ccc(F)c(Cl)c2)nc1. The van der Waals surface area contributed by atoms with Gasteiger partial charge in [0.05, 0.1) is 16.9 Å². The second kappa shape index (κ2) is 7.75. The summed E-state index contributed by atoms with van der Waals surface area (Å²) in [7, 11) is 0. The monoisotopic (exact) mass is 321 g/mol. The lowest BCUT2D eigenvalue weighted by Crippen LogP contribution is -2.14. The average molecular weight is 322 g/mol. The largest absolute Gasteiger partial charge is 0.384 e. The van der Waals surface area contributed by atoms with Crippen molar-refractivity contribution in [2.45, 2.75) is 19.8 Å². The number of nitrogens with one attached hydrogen (secondary N) is 2. The van der Waals surface area contributed by atoms with E-state index < -0.39 is 5.82 Å². The predicted molar refractivity (Wildman–Crippen MR) is 87.0 cm³/mol. The summed E-state index contributed by atoms with van der Waals surface area (Å²) in [6.07, 6.45) is 3.80. The highest BCUT2D eigenvalue weighted by Gasteiger charge is 2.09. The highest BCUT2D eigenvalue weighted by molar-refractivity contribution is 6.31. The fourth-order valence-electron chi connectivity index (χ4n) is 1.81. The van der Waals surface area contributed by atoms with Crippen LogP contribution in [0.1, 0.15) is 30.3 Å². The summed E-state index contributed by atoms with van der Waals surface area (Å²) in [4.78, 5) is 16.2. The average Bonchev–Trinajstić information content (AvgIpc) is 2.52. The highest BCUT2D eigenvalue weighted by atomic mass is 35.5. The van der Waals surface area contributed by atoms with Gasteiger partial charge in [-0.25, -0.2) is 9.37 Å². The molecule has 4 nitrogen and oxygen atoms in total. The van der Waals surface area contributed by atoms with Crippen LogP contribution < -0.4 is 10.6 Å². The van der Waals surface area contributed by atoms with Crippen molar-refractivity contribution in [2.75, 3.05) is 17.2 Å². The molecule has 0 atom stereocenters. The first-order valence-corrected chi connectivity index (χ1v) is 7.44. The minimum absolute atomic E-state index is 0.0405. The van der Waals surface area contributed by atoms with E-state index in [9.17, 15) is 9.18 Å². The molecule has 0 radical (unpaired) electrons. The molecule has 0 saturated heterocycles. The minimum atomic E-state index is -0.528. The van der Waals surface area contributed by atoms with Crippen LogP contribution in [0, 0.1) is 5.82 Å². The standard InChI is InChI=1S/C16H17ClFN3O/c1-2-3-8-19-12-5-7-15(20-10-12)16(22)21-11-4-6-14(18)13(17)9-11/h4-7,9-10,19H,2-3,8H2,1H3,(H,21,22). The lowest BCUT2D eigenvalue weighted by Gasteiger charge is -2.07. The molecule has 2 rings (SSSR count). The van der Waals surface area contributed by atoms with E-state index in [-0.39, 0.29) is 16.6 Å². The van der Waals surface area contributed by atoms with Crippen LogP contribution >= 0.6 is 11.6 Å². The molecule has 1 amide bonds. The minimum Gasteiger partial charge on any atom is -0.384 e. The van der Waals surface area contributed by atoms with Gasteiger partial charge in [0.1, 0.15) is 11.5 Å². The number of halogens is 2. The molecule has 0 fully saturated rings. The molecular weight excluding hydrogens is 305 g/mol. The van der Waals surface area contributed by atoms with Gasteiger partial charge in [-0.2, -0.15) is 0 Å². The van der Waals surface area contributed by atoms with Gasteiger partial charge >= 0.3 is 0 Å². The number of carbonyl (C=O) groups excluding carboxylic acids is 1. The van der Waals surface area contributed by atoms with Crippen LogP contribution in [0.15, 0.2) is 36.5 Å². The maximum absolute atomic E-state index is 13.1. The molecule has 2 N–H and O–H groups in total. The second-order valence-electron chi connectivity index (χ2n) is 4.80. The van der Waals surface area contributed by atoms with Crippen LogP contribution in [-0.2, 0) is 0 Å².